The molecule has 4 rings (SSSR count). The van der Waals surface area contributed by atoms with Gasteiger partial charge in [0, 0.05) is 28.3 Å². The highest BCUT2D eigenvalue weighted by atomic mass is 32.1. The number of nitrogens with zero attached hydrogens (tertiary/aromatic N) is 3. The molecule has 4 aromatic rings. The number of anilines is 1. The number of hydrogen-bond acceptors (Lipinski definition) is 6. The number of carbonyl (C=O) groups is 1. The van der Waals surface area contributed by atoms with Crippen LogP contribution in [0.1, 0.15) is 15.9 Å². The fourth-order valence-electron chi connectivity index (χ4n) is 2.45. The molecule has 0 spiro atoms. The average Bonchev–Trinajstić information content (AvgIpc) is 3.34. The monoisotopic (exact) mass is 362 g/mol. The molecule has 128 valence electrons. The Labute approximate surface area is 153 Å². The van der Waals surface area contributed by atoms with E-state index in [0.29, 0.717) is 22.5 Å². The van der Waals surface area contributed by atoms with E-state index in [2.05, 4.69) is 20.5 Å². The first-order chi connectivity index (χ1) is 12.7. The summed E-state index contributed by atoms with van der Waals surface area (Å²) in [5.74, 6) is 0.667. The van der Waals surface area contributed by atoms with E-state index in [1.54, 1.807) is 35.8 Å². The number of aromatic nitrogens is 3. The molecule has 0 unspecified atom stereocenters. The molecule has 7 heteroatoms. The molecule has 0 aliphatic carbocycles. The van der Waals surface area contributed by atoms with E-state index in [9.17, 15) is 4.79 Å². The van der Waals surface area contributed by atoms with Crippen LogP contribution in [0.25, 0.3) is 22.9 Å². The van der Waals surface area contributed by atoms with Crippen LogP contribution in [-0.2, 0) is 0 Å². The average molecular weight is 362 g/mol. The van der Waals surface area contributed by atoms with Gasteiger partial charge in [0.15, 0.2) is 5.13 Å². The summed E-state index contributed by atoms with van der Waals surface area (Å²) >= 11 is 1.37. The normalized spacial score (nSPS) is 10.7. The number of rotatable bonds is 4. The summed E-state index contributed by atoms with van der Waals surface area (Å²) in [6.07, 6.45) is 1.64. The molecule has 1 amide bonds. The molecule has 2 aromatic heterocycles. The fraction of sp³-hybridized carbons (Fsp3) is 0.0526. The van der Waals surface area contributed by atoms with Crippen LogP contribution in [0.2, 0.25) is 0 Å². The highest BCUT2D eigenvalue weighted by molar-refractivity contribution is 7.13. The van der Waals surface area contributed by atoms with Gasteiger partial charge in [-0.3, -0.25) is 10.1 Å². The topological polar surface area (TPSA) is 80.9 Å². The van der Waals surface area contributed by atoms with Crippen LogP contribution >= 0.6 is 11.3 Å². The van der Waals surface area contributed by atoms with Crippen LogP contribution in [0.15, 0.2) is 64.5 Å². The summed E-state index contributed by atoms with van der Waals surface area (Å²) in [5, 5.41) is 13.3. The quantitative estimate of drug-likeness (QED) is 0.581. The van der Waals surface area contributed by atoms with Crippen LogP contribution < -0.4 is 5.32 Å². The number of carbonyl (C=O) groups excluding carboxylic acids is 1. The van der Waals surface area contributed by atoms with Crippen molar-refractivity contribution in [3.05, 3.63) is 71.2 Å². The molecule has 0 fully saturated rings. The van der Waals surface area contributed by atoms with Gasteiger partial charge in [-0.05, 0) is 43.3 Å². The molecule has 0 radical (unpaired) electrons. The van der Waals surface area contributed by atoms with Crippen LogP contribution in [0, 0.1) is 6.92 Å². The Morgan fingerprint density at radius 3 is 2.50 bits per heavy atom. The molecule has 0 aliphatic heterocycles. The number of benzene rings is 2. The van der Waals surface area contributed by atoms with Crippen LogP contribution in [0.3, 0.4) is 0 Å². The Morgan fingerprint density at radius 2 is 1.81 bits per heavy atom. The SMILES string of the molecule is Cc1cccc(-c2nnc(-c3ccc(C(=O)Nc4nccs4)cc3)o2)c1. The van der Waals surface area contributed by atoms with Crippen molar-refractivity contribution in [3.8, 4) is 22.9 Å². The number of hydrogen-bond donors (Lipinski definition) is 1. The summed E-state index contributed by atoms with van der Waals surface area (Å²) in [6.45, 7) is 2.01. The first kappa shape index (κ1) is 16.2. The van der Waals surface area contributed by atoms with Gasteiger partial charge in [-0.2, -0.15) is 0 Å². The van der Waals surface area contributed by atoms with Gasteiger partial charge in [-0.15, -0.1) is 21.5 Å². The van der Waals surface area contributed by atoms with Gasteiger partial charge in [0.1, 0.15) is 0 Å². The van der Waals surface area contributed by atoms with Crippen molar-refractivity contribution < 1.29 is 9.21 Å². The molecule has 0 bridgehead atoms. The zero-order chi connectivity index (χ0) is 17.9. The van der Waals surface area contributed by atoms with E-state index < -0.39 is 0 Å². The van der Waals surface area contributed by atoms with Gasteiger partial charge in [0.05, 0.1) is 0 Å². The van der Waals surface area contributed by atoms with E-state index in [1.165, 1.54) is 11.3 Å². The van der Waals surface area contributed by atoms with Gasteiger partial charge in [0.25, 0.3) is 5.91 Å². The lowest BCUT2D eigenvalue weighted by molar-refractivity contribution is 0.102. The highest BCUT2D eigenvalue weighted by Gasteiger charge is 2.12. The Morgan fingerprint density at radius 1 is 1.04 bits per heavy atom. The number of aryl methyl sites for hydroxylation is 1. The second-order valence-electron chi connectivity index (χ2n) is 5.65. The summed E-state index contributed by atoms with van der Waals surface area (Å²) in [6, 6.07) is 14.9. The van der Waals surface area contributed by atoms with Gasteiger partial charge >= 0.3 is 0 Å². The van der Waals surface area contributed by atoms with Gasteiger partial charge in [0.2, 0.25) is 11.8 Å². The number of amides is 1. The lowest BCUT2D eigenvalue weighted by Crippen LogP contribution is -2.11. The number of nitrogens with one attached hydrogen (secondary N) is 1. The Kier molecular flexibility index (Phi) is 4.28. The molecular formula is C19H14N4O2S. The van der Waals surface area contributed by atoms with Gasteiger partial charge in [-0.1, -0.05) is 17.7 Å². The van der Waals surface area contributed by atoms with E-state index >= 15 is 0 Å². The van der Waals surface area contributed by atoms with Crippen molar-refractivity contribution in [2.24, 2.45) is 0 Å². The summed E-state index contributed by atoms with van der Waals surface area (Å²) in [5.41, 5.74) is 3.28. The van der Waals surface area contributed by atoms with Crippen LogP contribution in [0.4, 0.5) is 5.13 Å². The third-order valence-corrected chi connectivity index (χ3v) is 4.43. The summed E-state index contributed by atoms with van der Waals surface area (Å²) in [7, 11) is 0. The molecule has 6 nitrogen and oxygen atoms in total. The molecule has 0 aliphatic rings. The molecule has 0 saturated carbocycles. The second-order valence-corrected chi connectivity index (χ2v) is 6.55. The number of thiazole rings is 1. The van der Waals surface area contributed by atoms with Crippen LogP contribution in [-0.4, -0.2) is 21.1 Å². The molecule has 1 N–H and O–H groups in total. The predicted octanol–water partition coefficient (Wildman–Crippen LogP) is 4.42. The van der Waals surface area contributed by atoms with E-state index in [0.717, 1.165) is 16.7 Å². The van der Waals surface area contributed by atoms with Crippen molar-refractivity contribution in [2.75, 3.05) is 5.32 Å². The van der Waals surface area contributed by atoms with E-state index in [-0.39, 0.29) is 5.91 Å². The maximum Gasteiger partial charge on any atom is 0.257 e. The van der Waals surface area contributed by atoms with Gasteiger partial charge in [-0.25, -0.2) is 4.98 Å². The Balaban J connectivity index is 1.53. The minimum Gasteiger partial charge on any atom is -0.416 e. The van der Waals surface area contributed by atoms with Crippen molar-refractivity contribution in [1.82, 2.24) is 15.2 Å². The first-order valence-electron chi connectivity index (χ1n) is 7.91. The largest absolute Gasteiger partial charge is 0.416 e. The summed E-state index contributed by atoms with van der Waals surface area (Å²) in [4.78, 5) is 16.2. The zero-order valence-electron chi connectivity index (χ0n) is 13.8. The van der Waals surface area contributed by atoms with Gasteiger partial charge < -0.3 is 4.42 Å². The molecule has 0 saturated heterocycles. The molecule has 26 heavy (non-hydrogen) atoms. The minimum absolute atomic E-state index is 0.211. The maximum atomic E-state index is 12.2. The molecule has 2 heterocycles. The van der Waals surface area contributed by atoms with Crippen molar-refractivity contribution in [2.45, 2.75) is 6.92 Å². The molecule has 0 atom stereocenters. The lowest BCUT2D eigenvalue weighted by atomic mass is 10.1. The smallest absolute Gasteiger partial charge is 0.257 e. The van der Waals surface area contributed by atoms with Crippen molar-refractivity contribution in [1.29, 1.82) is 0 Å². The van der Waals surface area contributed by atoms with E-state index in [4.69, 9.17) is 4.42 Å². The maximum absolute atomic E-state index is 12.2. The van der Waals surface area contributed by atoms with Crippen LogP contribution in [0.5, 0.6) is 0 Å². The second kappa shape index (κ2) is 6.89. The zero-order valence-corrected chi connectivity index (χ0v) is 14.7. The molecule has 2 aromatic carbocycles. The molecular weight excluding hydrogens is 348 g/mol. The standard InChI is InChI=1S/C19H14N4O2S/c1-12-3-2-4-15(11-12)18-23-22-17(25-18)14-7-5-13(6-8-14)16(24)21-19-20-9-10-26-19/h2-11H,1H3,(H,20,21,24). The minimum atomic E-state index is -0.211. The lowest BCUT2D eigenvalue weighted by Gasteiger charge is -2.02. The third kappa shape index (κ3) is 3.38. The first-order valence-corrected chi connectivity index (χ1v) is 8.79. The van der Waals surface area contributed by atoms with E-state index in [1.807, 2.05) is 31.2 Å². The fourth-order valence-corrected chi connectivity index (χ4v) is 2.98. The highest BCUT2D eigenvalue weighted by Crippen LogP contribution is 2.25. The van der Waals surface area contributed by atoms with Crippen molar-refractivity contribution in [3.63, 3.8) is 0 Å². The predicted molar refractivity (Wildman–Crippen MR) is 100.0 cm³/mol. The Bertz CT molecular complexity index is 1040. The van der Waals surface area contributed by atoms with Crippen molar-refractivity contribution >= 4 is 22.4 Å². The third-order valence-electron chi connectivity index (χ3n) is 3.74. The summed E-state index contributed by atoms with van der Waals surface area (Å²) < 4.78 is 5.77. The Hall–Kier alpha value is -3.32.